The van der Waals surface area contributed by atoms with Crippen molar-refractivity contribution in [1.29, 1.82) is 0 Å². The van der Waals surface area contributed by atoms with Crippen LogP contribution >= 0.6 is 0 Å². The molecule has 3 aromatic rings. The van der Waals surface area contributed by atoms with Crippen LogP contribution in [0.1, 0.15) is 20.7 Å². The number of hydrogen-bond acceptors (Lipinski definition) is 5. The van der Waals surface area contributed by atoms with Gasteiger partial charge in [0, 0.05) is 17.3 Å². The summed E-state index contributed by atoms with van der Waals surface area (Å²) >= 11 is 0. The van der Waals surface area contributed by atoms with E-state index >= 15 is 0 Å². The lowest BCUT2D eigenvalue weighted by Crippen LogP contribution is -2.20. The maximum Gasteiger partial charge on any atom is 0.338 e. The fraction of sp³-hybridized carbons (Fsp3) is 0.0455. The first-order chi connectivity index (χ1) is 13.6. The maximum atomic E-state index is 12.0. The molecule has 0 atom stereocenters. The first-order valence-electron chi connectivity index (χ1n) is 8.49. The van der Waals surface area contributed by atoms with Gasteiger partial charge in [-0.3, -0.25) is 9.59 Å². The minimum Gasteiger partial charge on any atom is -0.457 e. The number of ether oxygens (including phenoxy) is 2. The van der Waals surface area contributed by atoms with E-state index in [4.69, 9.17) is 9.47 Å². The molecule has 0 fully saturated rings. The van der Waals surface area contributed by atoms with Crippen LogP contribution in [0.4, 0.5) is 5.69 Å². The van der Waals surface area contributed by atoms with Gasteiger partial charge in [-0.2, -0.15) is 0 Å². The summed E-state index contributed by atoms with van der Waals surface area (Å²) in [6.45, 7) is -0.433. The van der Waals surface area contributed by atoms with E-state index in [1.54, 1.807) is 24.3 Å². The highest BCUT2D eigenvalue weighted by Gasteiger charge is 2.11. The molecule has 28 heavy (non-hydrogen) atoms. The van der Waals surface area contributed by atoms with Crippen molar-refractivity contribution in [2.45, 2.75) is 0 Å². The van der Waals surface area contributed by atoms with Crippen LogP contribution in [0.25, 0.3) is 0 Å². The highest BCUT2D eigenvalue weighted by molar-refractivity contribution is 5.95. The average molecular weight is 375 g/mol. The first-order valence-corrected chi connectivity index (χ1v) is 8.49. The minimum atomic E-state index is -0.645. The Morgan fingerprint density at radius 2 is 1.57 bits per heavy atom. The van der Waals surface area contributed by atoms with Crippen LogP contribution in [-0.4, -0.2) is 24.8 Å². The average Bonchev–Trinajstić information content (AvgIpc) is 2.73. The van der Waals surface area contributed by atoms with Gasteiger partial charge in [0.25, 0.3) is 5.91 Å². The van der Waals surface area contributed by atoms with Gasteiger partial charge in [0.05, 0.1) is 5.56 Å². The van der Waals surface area contributed by atoms with Gasteiger partial charge < -0.3 is 14.8 Å². The second-order valence-electron chi connectivity index (χ2n) is 5.81. The normalized spacial score (nSPS) is 10.0. The van der Waals surface area contributed by atoms with Crippen LogP contribution in [-0.2, 0) is 9.53 Å². The summed E-state index contributed by atoms with van der Waals surface area (Å²) in [5.74, 6) is 0.125. The molecule has 140 valence electrons. The Labute approximate surface area is 161 Å². The molecular formula is C22H17NO5. The Bertz CT molecular complexity index is 968. The van der Waals surface area contributed by atoms with Crippen LogP contribution in [0, 0.1) is 0 Å². The third-order valence-electron chi connectivity index (χ3n) is 3.71. The van der Waals surface area contributed by atoms with Crippen molar-refractivity contribution in [3.05, 3.63) is 90.0 Å². The number of rotatable bonds is 7. The number of nitrogens with one attached hydrogen (secondary N) is 1. The lowest BCUT2D eigenvalue weighted by atomic mass is 10.1. The van der Waals surface area contributed by atoms with Crippen LogP contribution in [0.3, 0.4) is 0 Å². The molecule has 0 heterocycles. The first kappa shape index (κ1) is 18.8. The Morgan fingerprint density at radius 3 is 2.29 bits per heavy atom. The van der Waals surface area contributed by atoms with E-state index in [2.05, 4.69) is 5.32 Å². The van der Waals surface area contributed by atoms with E-state index in [1.807, 2.05) is 30.3 Å². The summed E-state index contributed by atoms with van der Waals surface area (Å²) in [7, 11) is 0. The second-order valence-corrected chi connectivity index (χ2v) is 5.81. The molecular weight excluding hydrogens is 358 g/mol. The van der Waals surface area contributed by atoms with E-state index in [0.29, 0.717) is 29.0 Å². The van der Waals surface area contributed by atoms with E-state index in [9.17, 15) is 14.4 Å². The van der Waals surface area contributed by atoms with Crippen molar-refractivity contribution >= 4 is 23.9 Å². The molecule has 6 heteroatoms. The molecule has 3 rings (SSSR count). The smallest absolute Gasteiger partial charge is 0.338 e. The molecule has 0 radical (unpaired) electrons. The Kier molecular flexibility index (Phi) is 6.15. The van der Waals surface area contributed by atoms with E-state index in [0.717, 1.165) is 0 Å². The molecule has 1 amide bonds. The molecule has 0 saturated heterocycles. The van der Waals surface area contributed by atoms with E-state index < -0.39 is 18.5 Å². The highest BCUT2D eigenvalue weighted by atomic mass is 16.5. The molecule has 0 aliphatic heterocycles. The van der Waals surface area contributed by atoms with Crippen LogP contribution in [0.2, 0.25) is 0 Å². The monoisotopic (exact) mass is 375 g/mol. The minimum absolute atomic E-state index is 0.261. The molecule has 6 nitrogen and oxygen atoms in total. The fourth-order valence-corrected chi connectivity index (χ4v) is 2.37. The Balaban J connectivity index is 1.53. The van der Waals surface area contributed by atoms with Crippen molar-refractivity contribution in [2.24, 2.45) is 0 Å². The molecule has 1 N–H and O–H groups in total. The standard InChI is InChI=1S/C22H17NO5/c24-14-16-9-11-17(12-10-16)22(26)27-15-21(25)23-18-5-4-8-20(13-18)28-19-6-2-1-3-7-19/h1-14H,15H2,(H,23,25). The molecule has 0 bridgehead atoms. The zero-order valence-electron chi connectivity index (χ0n) is 14.8. The maximum absolute atomic E-state index is 12.0. The van der Waals surface area contributed by atoms with Crippen molar-refractivity contribution in [3.8, 4) is 11.5 Å². The van der Waals surface area contributed by atoms with Crippen molar-refractivity contribution in [3.63, 3.8) is 0 Å². The van der Waals surface area contributed by atoms with Gasteiger partial charge in [-0.05, 0) is 36.4 Å². The van der Waals surface area contributed by atoms with Crippen LogP contribution < -0.4 is 10.1 Å². The highest BCUT2D eigenvalue weighted by Crippen LogP contribution is 2.23. The van der Waals surface area contributed by atoms with Gasteiger partial charge >= 0.3 is 5.97 Å². The van der Waals surface area contributed by atoms with Gasteiger partial charge in [-0.1, -0.05) is 36.4 Å². The molecule has 0 aliphatic carbocycles. The summed E-state index contributed by atoms with van der Waals surface area (Å²) in [6, 6.07) is 22.1. The van der Waals surface area contributed by atoms with Gasteiger partial charge in [0.1, 0.15) is 17.8 Å². The topological polar surface area (TPSA) is 81.7 Å². The van der Waals surface area contributed by atoms with Crippen LogP contribution in [0.5, 0.6) is 11.5 Å². The van der Waals surface area contributed by atoms with Crippen molar-refractivity contribution in [2.75, 3.05) is 11.9 Å². The van der Waals surface area contributed by atoms with Crippen molar-refractivity contribution < 1.29 is 23.9 Å². The number of aldehydes is 1. The Hall–Kier alpha value is -3.93. The zero-order valence-corrected chi connectivity index (χ0v) is 14.8. The fourth-order valence-electron chi connectivity index (χ4n) is 2.37. The zero-order chi connectivity index (χ0) is 19.8. The molecule has 0 aromatic heterocycles. The van der Waals surface area contributed by atoms with Gasteiger partial charge in [0.2, 0.25) is 0 Å². The molecule has 0 aliphatic rings. The molecule has 3 aromatic carbocycles. The Morgan fingerprint density at radius 1 is 0.857 bits per heavy atom. The predicted molar refractivity (Wildman–Crippen MR) is 104 cm³/mol. The third-order valence-corrected chi connectivity index (χ3v) is 3.71. The number of amides is 1. The lowest BCUT2D eigenvalue weighted by Gasteiger charge is -2.09. The van der Waals surface area contributed by atoms with Gasteiger partial charge in [-0.25, -0.2) is 4.79 Å². The summed E-state index contributed by atoms with van der Waals surface area (Å²) in [5.41, 5.74) is 1.23. The largest absolute Gasteiger partial charge is 0.457 e. The number of carbonyl (C=O) groups is 3. The van der Waals surface area contributed by atoms with Crippen LogP contribution in [0.15, 0.2) is 78.9 Å². The third kappa shape index (κ3) is 5.28. The number of hydrogen-bond donors (Lipinski definition) is 1. The molecule has 0 unspecified atom stereocenters. The number of carbonyl (C=O) groups excluding carboxylic acids is 3. The molecule has 0 saturated carbocycles. The summed E-state index contributed by atoms with van der Waals surface area (Å²) < 4.78 is 10.7. The number of para-hydroxylation sites is 1. The van der Waals surface area contributed by atoms with Gasteiger partial charge in [-0.15, -0.1) is 0 Å². The van der Waals surface area contributed by atoms with E-state index in [1.165, 1.54) is 24.3 Å². The number of benzene rings is 3. The predicted octanol–water partition coefficient (Wildman–Crippen LogP) is 4.09. The van der Waals surface area contributed by atoms with Gasteiger partial charge in [0.15, 0.2) is 6.61 Å². The van der Waals surface area contributed by atoms with E-state index in [-0.39, 0.29) is 5.56 Å². The SMILES string of the molecule is O=Cc1ccc(C(=O)OCC(=O)Nc2cccc(Oc3ccccc3)c2)cc1. The number of anilines is 1. The summed E-state index contributed by atoms with van der Waals surface area (Å²) in [6.07, 6.45) is 0.679. The second kappa shape index (κ2) is 9.14. The van der Waals surface area contributed by atoms with Crippen molar-refractivity contribution in [1.82, 2.24) is 0 Å². The molecule has 0 spiro atoms. The summed E-state index contributed by atoms with van der Waals surface area (Å²) in [4.78, 5) is 34.6. The number of esters is 1. The lowest BCUT2D eigenvalue weighted by molar-refractivity contribution is -0.119. The summed E-state index contributed by atoms with van der Waals surface area (Å²) in [5, 5.41) is 2.65. The quantitative estimate of drug-likeness (QED) is 0.497.